The predicted octanol–water partition coefficient (Wildman–Crippen LogP) is 4.40. The van der Waals surface area contributed by atoms with Gasteiger partial charge in [-0.15, -0.1) is 0 Å². The van der Waals surface area contributed by atoms with Gasteiger partial charge in [0.25, 0.3) is 0 Å². The van der Waals surface area contributed by atoms with E-state index in [9.17, 15) is 4.79 Å². The van der Waals surface area contributed by atoms with E-state index in [0.29, 0.717) is 5.84 Å². The van der Waals surface area contributed by atoms with Crippen LogP contribution in [0.3, 0.4) is 0 Å². The molecule has 0 saturated carbocycles. The molecule has 0 aliphatic carbocycles. The number of amidine groups is 1. The summed E-state index contributed by atoms with van der Waals surface area (Å²) >= 11 is 0. The van der Waals surface area contributed by atoms with Gasteiger partial charge in [0.2, 0.25) is 5.91 Å². The van der Waals surface area contributed by atoms with Gasteiger partial charge in [0, 0.05) is 5.56 Å². The second-order valence-corrected chi connectivity index (χ2v) is 8.36. The average molecular weight is 448 g/mol. The van der Waals surface area contributed by atoms with Gasteiger partial charge >= 0.3 is 0 Å². The van der Waals surface area contributed by atoms with Crippen molar-refractivity contribution < 1.29 is 9.53 Å². The lowest BCUT2D eigenvalue weighted by molar-refractivity contribution is -0.117. The Labute approximate surface area is 198 Å². The maximum absolute atomic E-state index is 11.7. The normalized spacial score (nSPS) is 16.6. The lowest BCUT2D eigenvalue weighted by atomic mass is 9.77. The summed E-state index contributed by atoms with van der Waals surface area (Å²) in [6.45, 7) is 0. The highest BCUT2D eigenvalue weighted by Crippen LogP contribution is 2.47. The summed E-state index contributed by atoms with van der Waals surface area (Å²) in [5, 5.41) is 0. The minimum atomic E-state index is -0.804. The smallest absolute Gasteiger partial charge is 0.221 e. The zero-order chi connectivity index (χ0) is 23.7. The van der Waals surface area contributed by atoms with Crippen LogP contribution in [0.5, 0.6) is 5.75 Å². The maximum Gasteiger partial charge on any atom is 0.221 e. The molecular formula is C29H25N3O2. The average Bonchev–Trinajstić information content (AvgIpc) is 3.18. The van der Waals surface area contributed by atoms with E-state index < -0.39 is 5.54 Å². The molecule has 168 valence electrons. The van der Waals surface area contributed by atoms with Gasteiger partial charge in [0.1, 0.15) is 17.1 Å². The SMILES string of the molecule is COc1ccc(C2(c3cccc(-c4ccccc4CC(N)=O)c3)N=C(N)c3ccccc32)cc1. The number of nitrogens with zero attached hydrogens (tertiary/aromatic N) is 1. The van der Waals surface area contributed by atoms with Crippen LogP contribution in [-0.4, -0.2) is 18.9 Å². The number of aliphatic imine (C=N–C) groups is 1. The van der Waals surface area contributed by atoms with Crippen LogP contribution in [0.15, 0.2) is 102 Å². The van der Waals surface area contributed by atoms with Crippen molar-refractivity contribution >= 4 is 11.7 Å². The third-order valence-corrected chi connectivity index (χ3v) is 6.36. The van der Waals surface area contributed by atoms with Crippen LogP contribution in [-0.2, 0) is 16.8 Å². The largest absolute Gasteiger partial charge is 0.497 e. The zero-order valence-corrected chi connectivity index (χ0v) is 18.9. The summed E-state index contributed by atoms with van der Waals surface area (Å²) in [6.07, 6.45) is 0.179. The van der Waals surface area contributed by atoms with Gasteiger partial charge in [-0.3, -0.25) is 4.79 Å². The molecule has 0 aromatic heterocycles. The Morgan fingerprint density at radius 1 is 0.853 bits per heavy atom. The fourth-order valence-corrected chi connectivity index (χ4v) is 4.82. The Kier molecular flexibility index (Phi) is 5.38. The number of ether oxygens (including phenoxy) is 1. The molecule has 0 saturated heterocycles. The molecule has 5 nitrogen and oxygen atoms in total. The van der Waals surface area contributed by atoms with E-state index in [2.05, 4.69) is 18.2 Å². The highest BCUT2D eigenvalue weighted by atomic mass is 16.5. The minimum Gasteiger partial charge on any atom is -0.497 e. The monoisotopic (exact) mass is 447 g/mol. The second-order valence-electron chi connectivity index (χ2n) is 8.36. The van der Waals surface area contributed by atoms with Gasteiger partial charge < -0.3 is 16.2 Å². The number of methoxy groups -OCH3 is 1. The summed E-state index contributed by atoms with van der Waals surface area (Å²) in [5.74, 6) is 0.919. The Morgan fingerprint density at radius 3 is 2.29 bits per heavy atom. The van der Waals surface area contributed by atoms with Gasteiger partial charge in [0.15, 0.2) is 0 Å². The molecular weight excluding hydrogens is 422 g/mol. The first-order valence-corrected chi connectivity index (χ1v) is 11.1. The third kappa shape index (κ3) is 3.52. The molecule has 4 aromatic rings. The molecule has 34 heavy (non-hydrogen) atoms. The first-order valence-electron chi connectivity index (χ1n) is 11.1. The van der Waals surface area contributed by atoms with Crippen LogP contribution >= 0.6 is 0 Å². The van der Waals surface area contributed by atoms with Crippen molar-refractivity contribution in [2.75, 3.05) is 7.11 Å². The molecule has 0 radical (unpaired) electrons. The number of benzene rings is 4. The van der Waals surface area contributed by atoms with E-state index >= 15 is 0 Å². The zero-order valence-electron chi connectivity index (χ0n) is 18.9. The van der Waals surface area contributed by atoms with Gasteiger partial charge in [-0.2, -0.15) is 0 Å². The Morgan fingerprint density at radius 2 is 1.56 bits per heavy atom. The number of hydrogen-bond donors (Lipinski definition) is 2. The minimum absolute atomic E-state index is 0.179. The number of nitrogens with two attached hydrogens (primary N) is 2. The number of carbonyl (C=O) groups is 1. The van der Waals surface area contributed by atoms with Crippen molar-refractivity contribution in [2.45, 2.75) is 12.0 Å². The van der Waals surface area contributed by atoms with E-state index in [0.717, 1.165) is 44.7 Å². The summed E-state index contributed by atoms with van der Waals surface area (Å²) in [6, 6.07) is 32.1. The topological polar surface area (TPSA) is 90.7 Å². The molecule has 1 atom stereocenters. The van der Waals surface area contributed by atoms with Crippen molar-refractivity contribution in [1.29, 1.82) is 0 Å². The van der Waals surface area contributed by atoms with Crippen LogP contribution in [0.1, 0.15) is 27.8 Å². The van der Waals surface area contributed by atoms with Crippen LogP contribution in [0.2, 0.25) is 0 Å². The van der Waals surface area contributed by atoms with Gasteiger partial charge in [-0.05, 0) is 51.6 Å². The number of primary amides is 1. The van der Waals surface area contributed by atoms with E-state index in [4.69, 9.17) is 21.2 Å². The summed E-state index contributed by atoms with van der Waals surface area (Å²) in [5.41, 5.74) is 17.9. The molecule has 0 bridgehead atoms. The lowest BCUT2D eigenvalue weighted by Gasteiger charge is -2.30. The van der Waals surface area contributed by atoms with Crippen molar-refractivity contribution in [2.24, 2.45) is 16.5 Å². The summed E-state index contributed by atoms with van der Waals surface area (Å²) < 4.78 is 5.38. The summed E-state index contributed by atoms with van der Waals surface area (Å²) in [4.78, 5) is 16.7. The maximum atomic E-state index is 11.7. The van der Waals surface area contributed by atoms with E-state index in [1.807, 2.05) is 78.9 Å². The molecule has 1 heterocycles. The fourth-order valence-electron chi connectivity index (χ4n) is 4.82. The molecule has 4 N–H and O–H groups in total. The quantitative estimate of drug-likeness (QED) is 0.459. The first-order chi connectivity index (χ1) is 16.5. The molecule has 1 aliphatic rings. The predicted molar refractivity (Wildman–Crippen MR) is 135 cm³/mol. The summed E-state index contributed by atoms with van der Waals surface area (Å²) in [7, 11) is 1.65. The number of rotatable bonds is 6. The van der Waals surface area contributed by atoms with Crippen LogP contribution in [0.4, 0.5) is 0 Å². The van der Waals surface area contributed by atoms with E-state index in [-0.39, 0.29) is 12.3 Å². The van der Waals surface area contributed by atoms with Crippen molar-refractivity contribution in [3.05, 3.63) is 125 Å². The number of fused-ring (bicyclic) bond motifs is 1. The highest BCUT2D eigenvalue weighted by Gasteiger charge is 2.42. The van der Waals surface area contributed by atoms with Crippen molar-refractivity contribution in [1.82, 2.24) is 0 Å². The third-order valence-electron chi connectivity index (χ3n) is 6.36. The molecule has 1 amide bonds. The van der Waals surface area contributed by atoms with Gasteiger partial charge in [-0.1, -0.05) is 78.9 Å². The van der Waals surface area contributed by atoms with Crippen LogP contribution in [0.25, 0.3) is 11.1 Å². The Balaban J connectivity index is 1.74. The van der Waals surface area contributed by atoms with E-state index in [1.165, 1.54) is 0 Å². The second kappa shape index (κ2) is 8.52. The van der Waals surface area contributed by atoms with Gasteiger partial charge in [-0.25, -0.2) is 4.99 Å². The van der Waals surface area contributed by atoms with Crippen molar-refractivity contribution in [3.63, 3.8) is 0 Å². The Bertz CT molecular complexity index is 1410. The van der Waals surface area contributed by atoms with E-state index in [1.54, 1.807) is 7.11 Å². The number of carbonyl (C=O) groups excluding carboxylic acids is 1. The van der Waals surface area contributed by atoms with Crippen LogP contribution < -0.4 is 16.2 Å². The Hall–Kier alpha value is -4.38. The van der Waals surface area contributed by atoms with Crippen LogP contribution in [0, 0.1) is 0 Å². The van der Waals surface area contributed by atoms with Gasteiger partial charge in [0.05, 0.1) is 13.5 Å². The first kappa shape index (κ1) is 21.5. The molecule has 1 aliphatic heterocycles. The fraction of sp³-hybridized carbons (Fsp3) is 0.103. The number of hydrogen-bond acceptors (Lipinski definition) is 4. The molecule has 0 fully saturated rings. The molecule has 5 heteroatoms. The molecule has 1 unspecified atom stereocenters. The van der Waals surface area contributed by atoms with Crippen molar-refractivity contribution in [3.8, 4) is 16.9 Å². The molecule has 5 rings (SSSR count). The molecule has 4 aromatic carbocycles. The standard InChI is InChI=1S/C29H25N3O2/c1-34-23-15-13-21(14-16-23)29(26-12-5-4-11-25(26)28(31)32-29)22-9-6-8-19(17-22)24-10-3-2-7-20(24)18-27(30)33/h2-17H,18H2,1H3,(H2,30,33)(H2,31,32). The molecule has 0 spiro atoms. The highest BCUT2D eigenvalue weighted by molar-refractivity contribution is 6.03. The number of amides is 1. The lowest BCUT2D eigenvalue weighted by Crippen LogP contribution is -2.25.